The fraction of sp³-hybridized carbons (Fsp3) is 0.727. The first-order chi connectivity index (χ1) is 8.16. The molecule has 6 heteroatoms. The van der Waals surface area contributed by atoms with Crippen LogP contribution >= 0.6 is 0 Å². The van der Waals surface area contributed by atoms with Gasteiger partial charge in [0.05, 0.1) is 12.7 Å². The molecule has 1 aromatic rings. The van der Waals surface area contributed by atoms with Crippen LogP contribution in [0, 0.1) is 0 Å². The summed E-state index contributed by atoms with van der Waals surface area (Å²) < 4.78 is 5.32. The number of hydrogen-bond acceptors (Lipinski definition) is 4. The van der Waals surface area contributed by atoms with Crippen molar-refractivity contribution in [2.24, 2.45) is 0 Å². The summed E-state index contributed by atoms with van der Waals surface area (Å²) in [5.41, 5.74) is 0. The fourth-order valence-corrected chi connectivity index (χ4v) is 1.45. The summed E-state index contributed by atoms with van der Waals surface area (Å²) in [5.74, 6) is 1.28. The molecule has 1 aliphatic rings. The van der Waals surface area contributed by atoms with E-state index in [2.05, 4.69) is 20.5 Å². The molecule has 0 aliphatic heterocycles. The third-order valence-corrected chi connectivity index (χ3v) is 2.51. The number of hydrogen-bond donors (Lipinski definition) is 2. The molecule has 1 saturated carbocycles. The number of nitrogens with zero attached hydrogens (tertiary/aromatic N) is 2. The summed E-state index contributed by atoms with van der Waals surface area (Å²) in [4.78, 5) is 15.8. The maximum atomic E-state index is 11.6. The normalized spacial score (nSPS) is 15.2. The highest BCUT2D eigenvalue weighted by Gasteiger charge is 2.28. The van der Waals surface area contributed by atoms with Crippen molar-refractivity contribution in [2.75, 3.05) is 13.2 Å². The zero-order valence-electron chi connectivity index (χ0n) is 10.2. The number of H-pyrrole nitrogens is 1. The average molecular weight is 238 g/mol. The molecule has 1 aliphatic carbocycles. The van der Waals surface area contributed by atoms with E-state index in [1.807, 2.05) is 13.8 Å². The Morgan fingerprint density at radius 3 is 3.00 bits per heavy atom. The van der Waals surface area contributed by atoms with Gasteiger partial charge in [0, 0.05) is 12.5 Å². The molecule has 2 rings (SSSR count). The first-order valence-electron chi connectivity index (χ1n) is 5.99. The standard InChI is InChI=1S/C11H18N4O2/c1-7(2)17-6-5-12-11(16)10-13-9(14-15-10)8-3-4-8/h7-8H,3-6H2,1-2H3,(H,12,16)(H,13,14,15). The smallest absolute Gasteiger partial charge is 0.291 e. The minimum atomic E-state index is -0.250. The monoisotopic (exact) mass is 238 g/mol. The molecule has 1 heterocycles. The lowest BCUT2D eigenvalue weighted by Crippen LogP contribution is -2.28. The van der Waals surface area contributed by atoms with Crippen molar-refractivity contribution >= 4 is 5.91 Å². The van der Waals surface area contributed by atoms with Crippen molar-refractivity contribution < 1.29 is 9.53 Å². The predicted molar refractivity (Wildman–Crippen MR) is 61.8 cm³/mol. The second-order valence-corrected chi connectivity index (χ2v) is 4.49. The summed E-state index contributed by atoms with van der Waals surface area (Å²) in [5, 5.41) is 9.42. The highest BCUT2D eigenvalue weighted by molar-refractivity contribution is 5.90. The molecule has 17 heavy (non-hydrogen) atoms. The molecular formula is C11H18N4O2. The quantitative estimate of drug-likeness (QED) is 0.720. The summed E-state index contributed by atoms with van der Waals surface area (Å²) in [6.07, 6.45) is 2.45. The minimum absolute atomic E-state index is 0.178. The largest absolute Gasteiger partial charge is 0.377 e. The summed E-state index contributed by atoms with van der Waals surface area (Å²) >= 11 is 0. The summed E-state index contributed by atoms with van der Waals surface area (Å²) in [6.45, 7) is 4.89. The molecule has 0 saturated heterocycles. The lowest BCUT2D eigenvalue weighted by molar-refractivity contribution is 0.0743. The van der Waals surface area contributed by atoms with Gasteiger partial charge in [0.1, 0.15) is 5.82 Å². The van der Waals surface area contributed by atoms with E-state index in [4.69, 9.17) is 4.74 Å². The van der Waals surface area contributed by atoms with Gasteiger partial charge in [0.2, 0.25) is 5.82 Å². The Kier molecular flexibility index (Phi) is 3.73. The van der Waals surface area contributed by atoms with E-state index in [1.54, 1.807) is 0 Å². The second kappa shape index (κ2) is 5.27. The van der Waals surface area contributed by atoms with E-state index in [0.29, 0.717) is 19.1 Å². The minimum Gasteiger partial charge on any atom is -0.377 e. The lowest BCUT2D eigenvalue weighted by atomic mass is 10.4. The van der Waals surface area contributed by atoms with Crippen molar-refractivity contribution in [3.05, 3.63) is 11.6 Å². The number of carbonyl (C=O) groups is 1. The van der Waals surface area contributed by atoms with E-state index in [-0.39, 0.29) is 17.8 Å². The Hall–Kier alpha value is -1.43. The van der Waals surface area contributed by atoms with Crippen LogP contribution in [0.4, 0.5) is 0 Å². The summed E-state index contributed by atoms with van der Waals surface area (Å²) in [7, 11) is 0. The highest BCUT2D eigenvalue weighted by Crippen LogP contribution is 2.37. The second-order valence-electron chi connectivity index (χ2n) is 4.49. The van der Waals surface area contributed by atoms with Crippen molar-refractivity contribution in [2.45, 2.75) is 38.7 Å². The van der Waals surface area contributed by atoms with Crippen LogP contribution in [0.5, 0.6) is 0 Å². The van der Waals surface area contributed by atoms with Crippen molar-refractivity contribution in [1.29, 1.82) is 0 Å². The highest BCUT2D eigenvalue weighted by atomic mass is 16.5. The molecule has 0 spiro atoms. The molecule has 1 amide bonds. The van der Waals surface area contributed by atoms with Gasteiger partial charge < -0.3 is 10.1 Å². The Bertz CT molecular complexity index is 385. The van der Waals surface area contributed by atoms with Crippen LogP contribution in [-0.2, 0) is 4.74 Å². The topological polar surface area (TPSA) is 79.9 Å². The van der Waals surface area contributed by atoms with Crippen molar-refractivity contribution in [3.8, 4) is 0 Å². The van der Waals surface area contributed by atoms with Gasteiger partial charge in [-0.2, -0.15) is 0 Å². The SMILES string of the molecule is CC(C)OCCNC(=O)c1n[nH]c(C2CC2)n1. The molecule has 0 unspecified atom stereocenters. The number of ether oxygens (including phenoxy) is 1. The molecule has 0 aromatic carbocycles. The Morgan fingerprint density at radius 1 is 1.59 bits per heavy atom. The van der Waals surface area contributed by atoms with Gasteiger partial charge in [-0.1, -0.05) is 0 Å². The van der Waals surface area contributed by atoms with Gasteiger partial charge >= 0.3 is 0 Å². The molecular weight excluding hydrogens is 220 g/mol. The van der Waals surface area contributed by atoms with Gasteiger partial charge in [-0.25, -0.2) is 4.98 Å². The Morgan fingerprint density at radius 2 is 2.35 bits per heavy atom. The van der Waals surface area contributed by atoms with Crippen LogP contribution in [0.3, 0.4) is 0 Å². The third kappa shape index (κ3) is 3.52. The van der Waals surface area contributed by atoms with Gasteiger partial charge in [0.15, 0.2) is 0 Å². The number of nitrogens with one attached hydrogen (secondary N) is 2. The van der Waals surface area contributed by atoms with Crippen LogP contribution < -0.4 is 5.32 Å². The Balaban J connectivity index is 1.74. The van der Waals surface area contributed by atoms with E-state index >= 15 is 0 Å². The third-order valence-electron chi connectivity index (χ3n) is 2.51. The van der Waals surface area contributed by atoms with Gasteiger partial charge in [-0.15, -0.1) is 5.10 Å². The van der Waals surface area contributed by atoms with Gasteiger partial charge in [-0.3, -0.25) is 9.89 Å². The van der Waals surface area contributed by atoms with Gasteiger partial charge in [0.25, 0.3) is 5.91 Å². The van der Waals surface area contributed by atoms with Gasteiger partial charge in [-0.05, 0) is 26.7 Å². The maximum Gasteiger partial charge on any atom is 0.291 e. The molecule has 94 valence electrons. The fourth-order valence-electron chi connectivity index (χ4n) is 1.45. The first-order valence-corrected chi connectivity index (χ1v) is 5.99. The molecule has 1 aromatic heterocycles. The van der Waals surface area contributed by atoms with Crippen LogP contribution in [0.15, 0.2) is 0 Å². The summed E-state index contributed by atoms with van der Waals surface area (Å²) in [6, 6.07) is 0. The molecule has 0 radical (unpaired) electrons. The van der Waals surface area contributed by atoms with Crippen LogP contribution in [-0.4, -0.2) is 40.3 Å². The molecule has 0 bridgehead atoms. The predicted octanol–water partition coefficient (Wildman–Crippen LogP) is 0.837. The molecule has 6 nitrogen and oxygen atoms in total. The maximum absolute atomic E-state index is 11.6. The molecule has 0 atom stereocenters. The lowest BCUT2D eigenvalue weighted by Gasteiger charge is -2.07. The van der Waals surface area contributed by atoms with Crippen molar-refractivity contribution in [1.82, 2.24) is 20.5 Å². The first kappa shape index (κ1) is 12.0. The van der Waals surface area contributed by atoms with E-state index in [1.165, 1.54) is 0 Å². The molecule has 2 N–H and O–H groups in total. The Labute approximate surface area is 100 Å². The molecule has 1 fully saturated rings. The zero-order valence-corrected chi connectivity index (χ0v) is 10.2. The number of carbonyl (C=O) groups excluding carboxylic acids is 1. The number of amides is 1. The van der Waals surface area contributed by atoms with E-state index in [9.17, 15) is 4.79 Å². The van der Waals surface area contributed by atoms with Crippen LogP contribution in [0.25, 0.3) is 0 Å². The number of aromatic nitrogens is 3. The van der Waals surface area contributed by atoms with Crippen molar-refractivity contribution in [3.63, 3.8) is 0 Å². The zero-order chi connectivity index (χ0) is 12.3. The van der Waals surface area contributed by atoms with Crippen LogP contribution in [0.1, 0.15) is 49.1 Å². The average Bonchev–Trinajstić information content (AvgIpc) is 3.02. The number of rotatable bonds is 6. The van der Waals surface area contributed by atoms with E-state index < -0.39 is 0 Å². The van der Waals surface area contributed by atoms with Crippen LogP contribution in [0.2, 0.25) is 0 Å². The van der Waals surface area contributed by atoms with E-state index in [0.717, 1.165) is 18.7 Å². The number of aromatic amines is 1.